The zero-order chi connectivity index (χ0) is 77.9. The average Bonchev–Trinajstić information content (AvgIpc) is 1.57. The molecule has 0 radical (unpaired) electrons. The van der Waals surface area contributed by atoms with Crippen molar-refractivity contribution in [3.63, 3.8) is 0 Å². The fourth-order valence-corrected chi connectivity index (χ4v) is 15.6. The highest BCUT2D eigenvalue weighted by molar-refractivity contribution is 6.13. The summed E-state index contributed by atoms with van der Waals surface area (Å²) in [6, 6.07) is 30.8. The second kappa shape index (κ2) is 32.3. The molecule has 28 heteroatoms. The first-order valence-electron chi connectivity index (χ1n) is 37.3. The quantitative estimate of drug-likeness (QED) is 0.0311. The number of aromatic amines is 1. The number of unbranched alkanes of at least 4 members (excludes halogenated alkanes) is 1. The van der Waals surface area contributed by atoms with Crippen molar-refractivity contribution in [2.24, 2.45) is 0 Å². The minimum absolute atomic E-state index is 0.00695. The molecule has 108 heavy (non-hydrogen) atoms. The van der Waals surface area contributed by atoms with Gasteiger partial charge in [-0.3, -0.25) is 19.2 Å². The predicted molar refractivity (Wildman–Crippen MR) is 402 cm³/mol. The van der Waals surface area contributed by atoms with Crippen LogP contribution in [0.25, 0.3) is 0 Å². The monoisotopic (exact) mass is 1490 g/mol. The molecule has 0 atom stereocenters. The second-order valence-corrected chi connectivity index (χ2v) is 29.8. The van der Waals surface area contributed by atoms with E-state index in [0.29, 0.717) is 85.2 Å². The van der Waals surface area contributed by atoms with Gasteiger partial charge in [0.2, 0.25) is 23.6 Å². The van der Waals surface area contributed by atoms with Crippen molar-refractivity contribution >= 4 is 77.0 Å². The number of hydrogen-bond acceptors (Lipinski definition) is 18. The summed E-state index contributed by atoms with van der Waals surface area (Å²) in [4.78, 5) is 138. The number of fused-ring (bicyclic) bond motifs is 8. The molecule has 4 fully saturated rings. The summed E-state index contributed by atoms with van der Waals surface area (Å²) < 4.78 is 34.4. The highest BCUT2D eigenvalue weighted by atomic mass is 16.7. The van der Waals surface area contributed by atoms with Crippen molar-refractivity contribution in [3.05, 3.63) is 154 Å². The van der Waals surface area contributed by atoms with Crippen LogP contribution in [0.5, 0.6) is 0 Å². The van der Waals surface area contributed by atoms with Gasteiger partial charge in [-0.1, -0.05) is 72.8 Å². The predicted octanol–water partition coefficient (Wildman–Crippen LogP) is 9.45. The molecular formula is C80H102N12O16. The highest BCUT2D eigenvalue weighted by Crippen LogP contribution is 2.52. The minimum atomic E-state index is -0.727. The van der Waals surface area contributed by atoms with Crippen molar-refractivity contribution in [2.75, 3.05) is 105 Å². The summed E-state index contributed by atoms with van der Waals surface area (Å²) in [5, 5.41) is 9.15. The average molecular weight is 1490 g/mol. The van der Waals surface area contributed by atoms with Gasteiger partial charge in [0.25, 0.3) is 0 Å². The number of amides is 8. The van der Waals surface area contributed by atoms with Crippen molar-refractivity contribution in [2.45, 2.75) is 182 Å². The Morgan fingerprint density at radius 3 is 1.17 bits per heavy atom. The van der Waals surface area contributed by atoms with E-state index in [9.17, 15) is 43.2 Å². The zero-order valence-electron chi connectivity index (χ0n) is 64.4. The molecule has 8 aliphatic heterocycles. The first-order chi connectivity index (χ1) is 51.5. The van der Waals surface area contributed by atoms with Gasteiger partial charge in [0.15, 0.2) is 6.29 Å². The molecule has 14 rings (SSSR count). The van der Waals surface area contributed by atoms with Crippen LogP contribution in [0.1, 0.15) is 139 Å². The van der Waals surface area contributed by atoms with Crippen molar-refractivity contribution in [1.29, 1.82) is 0 Å². The summed E-state index contributed by atoms with van der Waals surface area (Å²) >= 11 is 0. The van der Waals surface area contributed by atoms with Crippen LogP contribution in [0, 0.1) is 27.7 Å². The number of H-pyrrole nitrogens is 1. The highest BCUT2D eigenvalue weighted by Gasteiger charge is 2.63. The van der Waals surface area contributed by atoms with Gasteiger partial charge in [0, 0.05) is 113 Å². The van der Waals surface area contributed by atoms with E-state index in [1.165, 1.54) is 9.80 Å². The van der Waals surface area contributed by atoms with Crippen molar-refractivity contribution < 1.29 is 76.7 Å². The second-order valence-electron chi connectivity index (χ2n) is 29.8. The summed E-state index contributed by atoms with van der Waals surface area (Å²) in [6.45, 7) is 31.9. The van der Waals surface area contributed by atoms with Crippen molar-refractivity contribution in [3.8, 4) is 0 Å². The van der Waals surface area contributed by atoms with Gasteiger partial charge in [0.05, 0.1) is 62.0 Å². The number of aldehydes is 1. The zero-order valence-corrected chi connectivity index (χ0v) is 64.4. The molecule has 0 bridgehead atoms. The topological polar surface area (TPSA) is 302 Å². The fraction of sp³-hybridized carbons (Fsp3) is 0.512. The Morgan fingerprint density at radius 1 is 0.481 bits per heavy atom. The van der Waals surface area contributed by atoms with E-state index in [0.717, 1.165) is 105 Å². The maximum Gasteiger partial charge on any atom is 0.410 e. The Morgan fingerprint density at radius 2 is 0.824 bits per heavy atom. The van der Waals surface area contributed by atoms with E-state index in [-0.39, 0.29) is 79.5 Å². The van der Waals surface area contributed by atoms with Gasteiger partial charge < -0.3 is 87.1 Å². The normalized spacial score (nSPS) is 17.4. The van der Waals surface area contributed by atoms with Crippen LogP contribution in [0.4, 0.5) is 41.9 Å². The Kier molecular flexibility index (Phi) is 23.6. The molecule has 10 heterocycles. The van der Waals surface area contributed by atoms with E-state index in [2.05, 4.69) is 14.5 Å². The molecule has 6 aromatic rings. The molecule has 8 aliphatic rings. The van der Waals surface area contributed by atoms with E-state index < -0.39 is 34.0 Å². The molecule has 8 amide bonds. The standard InChI is InChI=1S/C24H32N4O4.C20H24N4O3.C20H28N2O5.C16H18N2O4/c1-16(2)32-23(31)26-14-24(15-26)19-9-5-6-10-20(19)28(22(24)30)13-21-25-17(3)18(4)27(21)11-7-8-12-29;1-12(2)27-19(26)23-10-20(11-23)15-7-5-6-8-16(15)24(18(20)25)9-17-21-13(3)14(4)22-17;1-5-25-17(26-6-2)11-22-16-10-8-7-9-15(16)20(18(22)23)12-21(13-20)19(24)27-14(3)4;1-11(2)22-15(21)17-9-16(10-17)12-5-3-4-6-13(12)18(7-8-19)14(16)20/h5-6,9-10,16,29H,7-8,11-15H2,1-4H3;5-8,12H,9-11H2,1-4H3,(H,21,22);7-10,14,17H,5-6,11-13H2,1-4H3;3-6,8,11H,7,9-10H2,1-2H3. The molecule has 4 aromatic carbocycles. The number of para-hydroxylation sites is 4. The molecule has 0 aliphatic carbocycles. The van der Waals surface area contributed by atoms with Gasteiger partial charge in [0.1, 0.15) is 39.6 Å². The van der Waals surface area contributed by atoms with Gasteiger partial charge in [-0.05, 0) is 156 Å². The van der Waals surface area contributed by atoms with Crippen LogP contribution in [0.2, 0.25) is 0 Å². The van der Waals surface area contributed by atoms with Crippen LogP contribution in [0.3, 0.4) is 0 Å². The maximum absolute atomic E-state index is 13.7. The molecule has 0 saturated carbocycles. The molecular weight excluding hydrogens is 1380 g/mol. The number of carbonyl (C=O) groups is 9. The summed E-state index contributed by atoms with van der Waals surface area (Å²) in [6.07, 6.45) is -0.448. The van der Waals surface area contributed by atoms with E-state index in [1.807, 2.05) is 185 Å². The Bertz CT molecular complexity index is 4320. The fourth-order valence-electron chi connectivity index (χ4n) is 15.6. The number of likely N-dealkylation sites (tertiary alicyclic amines) is 4. The third-order valence-corrected chi connectivity index (χ3v) is 20.9. The van der Waals surface area contributed by atoms with Gasteiger partial charge >= 0.3 is 24.4 Å². The number of aromatic nitrogens is 4. The first-order valence-corrected chi connectivity index (χ1v) is 37.3. The van der Waals surface area contributed by atoms with Gasteiger partial charge in [-0.2, -0.15) is 0 Å². The number of hydrogen-bond donors (Lipinski definition) is 2. The molecule has 578 valence electrons. The van der Waals surface area contributed by atoms with Crippen LogP contribution < -0.4 is 19.6 Å². The van der Waals surface area contributed by atoms with E-state index in [1.54, 1.807) is 38.3 Å². The number of carbonyl (C=O) groups excluding carboxylic acids is 9. The van der Waals surface area contributed by atoms with Gasteiger partial charge in [-0.25, -0.2) is 29.1 Å². The Hall–Kier alpha value is -10.2. The lowest BCUT2D eigenvalue weighted by atomic mass is 9.75. The molecule has 4 spiro atoms. The maximum atomic E-state index is 13.7. The van der Waals surface area contributed by atoms with E-state index in [4.69, 9.17) is 38.5 Å². The molecule has 2 N–H and O–H groups in total. The lowest BCUT2D eigenvalue weighted by Gasteiger charge is -2.46. The third kappa shape index (κ3) is 15.0. The number of anilines is 4. The first kappa shape index (κ1) is 78.9. The number of nitrogens with zero attached hydrogens (tertiary/aromatic N) is 11. The smallest absolute Gasteiger partial charge is 0.410 e. The number of imidazole rings is 2. The number of aliphatic hydroxyl groups is 1. The van der Waals surface area contributed by atoms with Crippen LogP contribution >= 0.6 is 0 Å². The summed E-state index contributed by atoms with van der Waals surface area (Å²) in [5.41, 5.74) is 8.33. The molecule has 2 aromatic heterocycles. The Labute approximate surface area is 630 Å². The van der Waals surface area contributed by atoms with E-state index >= 15 is 0 Å². The van der Waals surface area contributed by atoms with Crippen LogP contribution in [-0.4, -0.2) is 214 Å². The third-order valence-electron chi connectivity index (χ3n) is 20.9. The summed E-state index contributed by atoms with van der Waals surface area (Å²) in [7, 11) is 0. The van der Waals surface area contributed by atoms with Crippen molar-refractivity contribution in [1.82, 2.24) is 39.1 Å². The van der Waals surface area contributed by atoms with Gasteiger partial charge in [-0.15, -0.1) is 0 Å². The molecule has 28 nitrogen and oxygen atoms in total. The lowest BCUT2D eigenvalue weighted by molar-refractivity contribution is -0.139. The summed E-state index contributed by atoms with van der Waals surface area (Å²) in [5.74, 6) is 1.50. The van der Waals surface area contributed by atoms with Crippen LogP contribution in [0.15, 0.2) is 97.1 Å². The largest absolute Gasteiger partial charge is 0.447 e. The number of nitrogens with one attached hydrogen (secondary N) is 1. The number of ether oxygens (including phenoxy) is 6. The minimum Gasteiger partial charge on any atom is -0.447 e. The number of aliphatic hydroxyl groups excluding tert-OH is 1. The lowest BCUT2D eigenvalue weighted by Crippen LogP contribution is -2.65. The Balaban J connectivity index is 0.000000144. The SMILES string of the molecule is CC(C)OC(=O)N1CC2(C1)C(=O)N(CC=O)c1ccccc12.CCOC(CN1C(=O)C2(CN(C(=O)OC(C)C)C2)c2ccccc21)OCC.Cc1nc(CN2C(=O)C3(CN(C(=O)OC(C)C)C3)c3ccccc32)[nH]c1C.Cc1nc(CN2C(=O)C3(CN(C(=O)OC(C)C)C3)c3ccccc32)n(CCCCO)c1C. The molecule has 4 saturated heterocycles. The number of aryl methyl sites for hydroxylation is 3. The van der Waals surface area contributed by atoms with Crippen LogP contribution in [-0.2, 0) is 93.7 Å². The number of benzene rings is 4. The molecule has 0 unspecified atom stereocenters. The number of rotatable bonds is 20.